The first-order chi connectivity index (χ1) is 11.5. The fraction of sp³-hybridized carbons (Fsp3) is 0. The van der Waals surface area contributed by atoms with Crippen LogP contribution in [0.5, 0.6) is 0 Å². The Morgan fingerprint density at radius 2 is 1.62 bits per heavy atom. The number of hydrogen-bond acceptors (Lipinski definition) is 5. The molecule has 2 aromatic carbocycles. The quantitative estimate of drug-likeness (QED) is 0.635. The standard InChI is InChI=1S/C15H9BrF3N5/c16-8-1-3-9(4-2-8)21-12-7-20-24-15(23-12)22-11-6-5-10(17)13(18)14(11)19/h1-7H,(H2,21,22,23,24). The van der Waals surface area contributed by atoms with Crippen LogP contribution in [0.4, 0.5) is 36.3 Å². The molecule has 0 atom stereocenters. The van der Waals surface area contributed by atoms with Crippen LogP contribution in [-0.2, 0) is 0 Å². The summed E-state index contributed by atoms with van der Waals surface area (Å²) < 4.78 is 40.7. The van der Waals surface area contributed by atoms with Gasteiger partial charge in [-0.1, -0.05) is 15.9 Å². The molecule has 0 aliphatic carbocycles. The van der Waals surface area contributed by atoms with E-state index in [4.69, 9.17) is 0 Å². The first kappa shape index (κ1) is 16.2. The molecular formula is C15H9BrF3N5. The van der Waals surface area contributed by atoms with E-state index in [0.717, 1.165) is 22.3 Å². The molecule has 0 saturated heterocycles. The summed E-state index contributed by atoms with van der Waals surface area (Å²) in [4.78, 5) is 4.09. The third-order valence-electron chi connectivity index (χ3n) is 2.96. The Labute approximate surface area is 143 Å². The number of anilines is 4. The molecular weight excluding hydrogens is 387 g/mol. The number of rotatable bonds is 4. The van der Waals surface area contributed by atoms with Gasteiger partial charge in [-0.25, -0.2) is 13.2 Å². The summed E-state index contributed by atoms with van der Waals surface area (Å²) in [7, 11) is 0. The molecule has 9 heteroatoms. The minimum atomic E-state index is -1.57. The van der Waals surface area contributed by atoms with Crippen molar-refractivity contribution >= 4 is 39.1 Å². The SMILES string of the molecule is Fc1ccc(Nc2nncc(Nc3ccc(Br)cc3)n2)c(F)c1F. The van der Waals surface area contributed by atoms with Gasteiger partial charge < -0.3 is 10.6 Å². The fourth-order valence-corrected chi connectivity index (χ4v) is 2.11. The first-order valence-electron chi connectivity index (χ1n) is 6.66. The van der Waals surface area contributed by atoms with Crippen molar-refractivity contribution < 1.29 is 13.2 Å². The summed E-state index contributed by atoms with van der Waals surface area (Å²) in [5.41, 5.74) is 0.458. The summed E-state index contributed by atoms with van der Waals surface area (Å²) in [5, 5.41) is 12.9. The second-order valence-corrected chi connectivity index (χ2v) is 5.56. The monoisotopic (exact) mass is 395 g/mol. The van der Waals surface area contributed by atoms with Crippen LogP contribution in [0.3, 0.4) is 0 Å². The van der Waals surface area contributed by atoms with Crippen LogP contribution < -0.4 is 10.6 Å². The van der Waals surface area contributed by atoms with Gasteiger partial charge in [0.15, 0.2) is 23.3 Å². The van der Waals surface area contributed by atoms with Gasteiger partial charge in [0, 0.05) is 10.2 Å². The van der Waals surface area contributed by atoms with Gasteiger partial charge in [0.2, 0.25) is 5.95 Å². The Morgan fingerprint density at radius 1 is 0.875 bits per heavy atom. The van der Waals surface area contributed by atoms with Gasteiger partial charge in [-0.15, -0.1) is 5.10 Å². The number of nitrogens with zero attached hydrogens (tertiary/aromatic N) is 3. The predicted octanol–water partition coefficient (Wildman–Crippen LogP) is 4.54. The number of halogens is 4. The van der Waals surface area contributed by atoms with Gasteiger partial charge in [-0.2, -0.15) is 10.1 Å². The van der Waals surface area contributed by atoms with E-state index in [0.29, 0.717) is 5.82 Å². The molecule has 0 radical (unpaired) electrons. The molecule has 24 heavy (non-hydrogen) atoms. The van der Waals surface area contributed by atoms with E-state index in [1.54, 1.807) is 0 Å². The molecule has 0 bridgehead atoms. The molecule has 1 aromatic heterocycles. The Morgan fingerprint density at radius 3 is 2.38 bits per heavy atom. The zero-order valence-electron chi connectivity index (χ0n) is 11.9. The highest BCUT2D eigenvalue weighted by Crippen LogP contribution is 2.23. The first-order valence-corrected chi connectivity index (χ1v) is 7.45. The minimum Gasteiger partial charge on any atom is -0.339 e. The second-order valence-electron chi connectivity index (χ2n) is 4.65. The van der Waals surface area contributed by atoms with Gasteiger partial charge in [0.1, 0.15) is 0 Å². The van der Waals surface area contributed by atoms with E-state index in [2.05, 4.69) is 41.7 Å². The lowest BCUT2D eigenvalue weighted by atomic mass is 10.3. The Balaban J connectivity index is 1.80. The molecule has 0 aliphatic rings. The van der Waals surface area contributed by atoms with Gasteiger partial charge in [-0.3, -0.25) is 0 Å². The van der Waals surface area contributed by atoms with Gasteiger partial charge >= 0.3 is 0 Å². The molecule has 1 heterocycles. The van der Waals surface area contributed by atoms with Crippen LogP contribution in [-0.4, -0.2) is 15.2 Å². The van der Waals surface area contributed by atoms with E-state index >= 15 is 0 Å². The zero-order chi connectivity index (χ0) is 17.1. The molecule has 0 fully saturated rings. The lowest BCUT2D eigenvalue weighted by Crippen LogP contribution is -2.05. The topological polar surface area (TPSA) is 62.7 Å². The zero-order valence-corrected chi connectivity index (χ0v) is 13.5. The number of hydrogen-bond donors (Lipinski definition) is 2. The average molecular weight is 396 g/mol. The van der Waals surface area contributed by atoms with Crippen LogP contribution in [0.15, 0.2) is 47.1 Å². The van der Waals surface area contributed by atoms with E-state index in [-0.39, 0.29) is 11.6 Å². The lowest BCUT2D eigenvalue weighted by Gasteiger charge is -2.09. The number of aromatic nitrogens is 3. The molecule has 0 aliphatic heterocycles. The van der Waals surface area contributed by atoms with E-state index in [1.807, 2.05) is 24.3 Å². The average Bonchev–Trinajstić information content (AvgIpc) is 2.58. The molecule has 0 unspecified atom stereocenters. The fourth-order valence-electron chi connectivity index (χ4n) is 1.84. The third kappa shape index (κ3) is 3.62. The number of nitrogens with one attached hydrogen (secondary N) is 2. The summed E-state index contributed by atoms with van der Waals surface area (Å²) in [6, 6.07) is 9.16. The molecule has 3 rings (SSSR count). The lowest BCUT2D eigenvalue weighted by molar-refractivity contribution is 0.449. The van der Waals surface area contributed by atoms with Crippen molar-refractivity contribution in [1.82, 2.24) is 15.2 Å². The molecule has 2 N–H and O–H groups in total. The van der Waals surface area contributed by atoms with Crippen molar-refractivity contribution in [3.05, 3.63) is 64.5 Å². The van der Waals surface area contributed by atoms with Crippen LogP contribution in [0.25, 0.3) is 0 Å². The summed E-state index contributed by atoms with van der Waals surface area (Å²) in [6.45, 7) is 0. The molecule has 5 nitrogen and oxygen atoms in total. The largest absolute Gasteiger partial charge is 0.339 e. The van der Waals surface area contributed by atoms with Crippen molar-refractivity contribution in [2.45, 2.75) is 0 Å². The van der Waals surface area contributed by atoms with E-state index in [1.165, 1.54) is 6.20 Å². The minimum absolute atomic E-state index is 0.0676. The molecule has 122 valence electrons. The van der Waals surface area contributed by atoms with Crippen molar-refractivity contribution in [3.8, 4) is 0 Å². The maximum atomic E-state index is 13.7. The van der Waals surface area contributed by atoms with Crippen LogP contribution >= 0.6 is 15.9 Å². The molecule has 0 amide bonds. The van der Waals surface area contributed by atoms with Crippen LogP contribution in [0.2, 0.25) is 0 Å². The van der Waals surface area contributed by atoms with Gasteiger partial charge in [0.05, 0.1) is 11.9 Å². The second kappa shape index (κ2) is 6.83. The maximum absolute atomic E-state index is 13.7. The maximum Gasteiger partial charge on any atom is 0.249 e. The normalized spacial score (nSPS) is 10.5. The van der Waals surface area contributed by atoms with Crippen molar-refractivity contribution in [2.75, 3.05) is 10.6 Å². The highest BCUT2D eigenvalue weighted by molar-refractivity contribution is 9.10. The Kier molecular flexibility index (Phi) is 4.61. The number of benzene rings is 2. The van der Waals surface area contributed by atoms with Crippen LogP contribution in [0.1, 0.15) is 0 Å². The molecule has 3 aromatic rings. The smallest absolute Gasteiger partial charge is 0.249 e. The predicted molar refractivity (Wildman–Crippen MR) is 86.9 cm³/mol. The highest BCUT2D eigenvalue weighted by Gasteiger charge is 2.14. The molecule has 0 saturated carbocycles. The van der Waals surface area contributed by atoms with Gasteiger partial charge in [0.25, 0.3) is 0 Å². The van der Waals surface area contributed by atoms with Gasteiger partial charge in [-0.05, 0) is 36.4 Å². The van der Waals surface area contributed by atoms with Crippen molar-refractivity contribution in [1.29, 1.82) is 0 Å². The Hall–Kier alpha value is -2.68. The van der Waals surface area contributed by atoms with Crippen LogP contribution in [0, 0.1) is 17.5 Å². The molecule has 0 spiro atoms. The van der Waals surface area contributed by atoms with Crippen molar-refractivity contribution in [3.63, 3.8) is 0 Å². The Bertz CT molecular complexity index is 873. The summed E-state index contributed by atoms with van der Waals surface area (Å²) in [6.07, 6.45) is 1.37. The summed E-state index contributed by atoms with van der Waals surface area (Å²) in [5.74, 6) is -3.93. The third-order valence-corrected chi connectivity index (χ3v) is 3.49. The van der Waals surface area contributed by atoms with E-state index in [9.17, 15) is 13.2 Å². The van der Waals surface area contributed by atoms with E-state index < -0.39 is 17.5 Å². The van der Waals surface area contributed by atoms with Crippen molar-refractivity contribution in [2.24, 2.45) is 0 Å². The highest BCUT2D eigenvalue weighted by atomic mass is 79.9. The summed E-state index contributed by atoms with van der Waals surface area (Å²) >= 11 is 3.33.